The molecule has 28 heavy (non-hydrogen) atoms. The molecular weight excluding hydrogens is 387 g/mol. The first kappa shape index (κ1) is 19.5. The number of nitrogens with one attached hydrogen (secondary N) is 1. The smallest absolute Gasteiger partial charge is 0.272 e. The molecule has 0 fully saturated rings. The van der Waals surface area contributed by atoms with Gasteiger partial charge in [-0.3, -0.25) is 19.6 Å². The van der Waals surface area contributed by atoms with Gasteiger partial charge in [0.25, 0.3) is 11.6 Å². The first-order valence-electron chi connectivity index (χ1n) is 8.29. The van der Waals surface area contributed by atoms with Crippen molar-refractivity contribution < 1.29 is 14.1 Å². The fraction of sp³-hybridized carbons (Fsp3) is 0.158. The summed E-state index contributed by atoms with van der Waals surface area (Å²) in [4.78, 5) is 22.8. The molecule has 0 aliphatic rings. The van der Waals surface area contributed by atoms with E-state index >= 15 is 0 Å². The number of rotatable bonds is 5. The van der Waals surface area contributed by atoms with Crippen molar-refractivity contribution in [1.29, 1.82) is 0 Å². The molecule has 0 unspecified atom stereocenters. The fourth-order valence-corrected chi connectivity index (χ4v) is 2.96. The lowest BCUT2D eigenvalue weighted by Gasteiger charge is -2.07. The maximum Gasteiger partial charge on any atom is 0.272 e. The molecule has 1 heterocycles. The predicted octanol–water partition coefficient (Wildman–Crippen LogP) is 4.50. The number of hydrogen-bond acceptors (Lipinski definition) is 4. The van der Waals surface area contributed by atoms with E-state index in [1.165, 1.54) is 30.3 Å². The molecule has 0 atom stereocenters. The summed E-state index contributed by atoms with van der Waals surface area (Å²) in [5.41, 5.74) is 2.10. The standard InChI is InChI=1S/C19H16ClFN4O3/c1-11-7-13(4-6-17(11)25(27)28)19(26)22-18-8-12(2)24(23-18)10-14-3-5-15(21)9-16(14)20/h3-9H,10H2,1-2H3,(H,22,23,26). The van der Waals surface area contributed by atoms with Crippen molar-refractivity contribution in [2.75, 3.05) is 5.32 Å². The Bertz CT molecular complexity index is 1080. The molecule has 1 aromatic heterocycles. The third-order valence-corrected chi connectivity index (χ3v) is 4.57. The summed E-state index contributed by atoms with van der Waals surface area (Å²) in [5, 5.41) is 18.2. The summed E-state index contributed by atoms with van der Waals surface area (Å²) in [6.07, 6.45) is 0. The van der Waals surface area contributed by atoms with Crippen LogP contribution in [0.1, 0.15) is 27.2 Å². The maximum absolute atomic E-state index is 13.2. The molecule has 3 aromatic rings. The van der Waals surface area contributed by atoms with Crippen molar-refractivity contribution in [1.82, 2.24) is 9.78 Å². The highest BCUT2D eigenvalue weighted by Crippen LogP contribution is 2.21. The van der Waals surface area contributed by atoms with E-state index in [0.717, 1.165) is 5.69 Å². The highest BCUT2D eigenvalue weighted by Gasteiger charge is 2.15. The van der Waals surface area contributed by atoms with Crippen LogP contribution in [0.5, 0.6) is 0 Å². The van der Waals surface area contributed by atoms with Gasteiger partial charge in [0, 0.05) is 34.0 Å². The van der Waals surface area contributed by atoms with Crippen LogP contribution in [-0.4, -0.2) is 20.6 Å². The molecule has 0 spiro atoms. The zero-order valence-electron chi connectivity index (χ0n) is 15.1. The zero-order chi connectivity index (χ0) is 20.4. The first-order valence-corrected chi connectivity index (χ1v) is 8.67. The number of aryl methyl sites for hydroxylation is 2. The van der Waals surface area contributed by atoms with Crippen molar-refractivity contribution in [3.63, 3.8) is 0 Å². The summed E-state index contributed by atoms with van der Waals surface area (Å²) >= 11 is 6.05. The lowest BCUT2D eigenvalue weighted by atomic mass is 10.1. The fourth-order valence-electron chi connectivity index (χ4n) is 2.73. The van der Waals surface area contributed by atoms with Crippen LogP contribution < -0.4 is 5.32 Å². The van der Waals surface area contributed by atoms with Crippen LogP contribution in [0.15, 0.2) is 42.5 Å². The molecular formula is C19H16ClFN4O3. The van der Waals surface area contributed by atoms with Gasteiger partial charge in [-0.15, -0.1) is 0 Å². The molecule has 0 aliphatic carbocycles. The molecule has 9 heteroatoms. The van der Waals surface area contributed by atoms with Crippen molar-refractivity contribution in [2.45, 2.75) is 20.4 Å². The lowest BCUT2D eigenvalue weighted by molar-refractivity contribution is -0.385. The van der Waals surface area contributed by atoms with E-state index in [4.69, 9.17) is 11.6 Å². The van der Waals surface area contributed by atoms with Gasteiger partial charge in [0.05, 0.1) is 11.5 Å². The molecule has 144 valence electrons. The van der Waals surface area contributed by atoms with Gasteiger partial charge in [-0.2, -0.15) is 5.10 Å². The largest absolute Gasteiger partial charge is 0.305 e. The second kappa shape index (κ2) is 7.77. The molecule has 0 saturated carbocycles. The Morgan fingerprint density at radius 1 is 1.25 bits per heavy atom. The highest BCUT2D eigenvalue weighted by molar-refractivity contribution is 6.31. The van der Waals surface area contributed by atoms with Gasteiger partial charge < -0.3 is 5.32 Å². The average Bonchev–Trinajstić information content (AvgIpc) is 2.96. The number of hydrogen-bond donors (Lipinski definition) is 1. The molecule has 2 aromatic carbocycles. The number of nitro groups is 1. The Labute approximate surface area is 164 Å². The second-order valence-electron chi connectivity index (χ2n) is 6.28. The van der Waals surface area contributed by atoms with E-state index in [0.29, 0.717) is 28.5 Å². The monoisotopic (exact) mass is 402 g/mol. The Kier molecular flexibility index (Phi) is 5.41. The van der Waals surface area contributed by atoms with E-state index in [-0.39, 0.29) is 11.3 Å². The number of halogens is 2. The molecule has 3 rings (SSSR count). The molecule has 0 bridgehead atoms. The number of anilines is 1. The Morgan fingerprint density at radius 2 is 2.00 bits per heavy atom. The van der Waals surface area contributed by atoms with Crippen molar-refractivity contribution in [2.24, 2.45) is 0 Å². The summed E-state index contributed by atoms with van der Waals surface area (Å²) in [5.74, 6) is -0.517. The number of aromatic nitrogens is 2. The average molecular weight is 403 g/mol. The van der Waals surface area contributed by atoms with E-state index in [9.17, 15) is 19.3 Å². The summed E-state index contributed by atoms with van der Waals surface area (Å²) in [6, 6.07) is 9.96. The zero-order valence-corrected chi connectivity index (χ0v) is 15.8. The van der Waals surface area contributed by atoms with E-state index < -0.39 is 16.6 Å². The first-order chi connectivity index (χ1) is 13.2. The number of benzene rings is 2. The second-order valence-corrected chi connectivity index (χ2v) is 6.68. The third-order valence-electron chi connectivity index (χ3n) is 4.21. The molecule has 1 N–H and O–H groups in total. The topological polar surface area (TPSA) is 90.1 Å². The predicted molar refractivity (Wildman–Crippen MR) is 103 cm³/mol. The minimum absolute atomic E-state index is 0.0483. The Balaban J connectivity index is 1.77. The van der Waals surface area contributed by atoms with Crippen LogP contribution in [0.2, 0.25) is 5.02 Å². The van der Waals surface area contributed by atoms with Gasteiger partial charge >= 0.3 is 0 Å². The van der Waals surface area contributed by atoms with Crippen LogP contribution in [-0.2, 0) is 6.54 Å². The molecule has 0 aliphatic heterocycles. The van der Waals surface area contributed by atoms with Gasteiger partial charge in [-0.05, 0) is 43.7 Å². The normalized spacial score (nSPS) is 10.7. The minimum atomic E-state index is -0.497. The number of carbonyl (C=O) groups is 1. The Morgan fingerprint density at radius 3 is 2.64 bits per heavy atom. The summed E-state index contributed by atoms with van der Waals surface area (Å²) in [7, 11) is 0. The molecule has 1 amide bonds. The maximum atomic E-state index is 13.2. The van der Waals surface area contributed by atoms with E-state index in [1.807, 2.05) is 6.92 Å². The SMILES string of the molecule is Cc1cc(C(=O)Nc2cc(C)n(Cc3ccc(F)cc3Cl)n2)ccc1[N+](=O)[O-]. The number of nitro benzene ring substituents is 1. The number of amides is 1. The third kappa shape index (κ3) is 4.17. The number of nitrogens with zero attached hydrogens (tertiary/aromatic N) is 3. The molecule has 0 saturated heterocycles. The number of carbonyl (C=O) groups excluding carboxylic acids is 1. The van der Waals surface area contributed by atoms with Crippen LogP contribution >= 0.6 is 11.6 Å². The van der Waals surface area contributed by atoms with Crippen LogP contribution in [0.25, 0.3) is 0 Å². The molecule has 0 radical (unpaired) electrons. The van der Waals surface area contributed by atoms with Gasteiger partial charge in [-0.25, -0.2) is 4.39 Å². The summed E-state index contributed by atoms with van der Waals surface area (Å²) in [6.45, 7) is 3.70. The summed E-state index contributed by atoms with van der Waals surface area (Å²) < 4.78 is 14.8. The van der Waals surface area contributed by atoms with Crippen LogP contribution in [0.3, 0.4) is 0 Å². The van der Waals surface area contributed by atoms with Gasteiger partial charge in [0.15, 0.2) is 5.82 Å². The van der Waals surface area contributed by atoms with E-state index in [2.05, 4.69) is 10.4 Å². The highest BCUT2D eigenvalue weighted by atomic mass is 35.5. The van der Waals surface area contributed by atoms with Gasteiger partial charge in [-0.1, -0.05) is 17.7 Å². The van der Waals surface area contributed by atoms with E-state index in [1.54, 1.807) is 23.7 Å². The van der Waals surface area contributed by atoms with Crippen molar-refractivity contribution in [3.05, 3.63) is 85.8 Å². The van der Waals surface area contributed by atoms with Gasteiger partial charge in [0.1, 0.15) is 5.82 Å². The van der Waals surface area contributed by atoms with Crippen LogP contribution in [0, 0.1) is 29.8 Å². The minimum Gasteiger partial charge on any atom is -0.305 e. The molecule has 7 nitrogen and oxygen atoms in total. The van der Waals surface area contributed by atoms with Crippen molar-refractivity contribution >= 4 is 29.0 Å². The quantitative estimate of drug-likeness (QED) is 0.502. The van der Waals surface area contributed by atoms with Crippen LogP contribution in [0.4, 0.5) is 15.9 Å². The van der Waals surface area contributed by atoms with Crippen molar-refractivity contribution in [3.8, 4) is 0 Å². The van der Waals surface area contributed by atoms with Gasteiger partial charge in [0.2, 0.25) is 0 Å². The Hall–Kier alpha value is -3.26. The lowest BCUT2D eigenvalue weighted by Crippen LogP contribution is -2.13.